The van der Waals surface area contributed by atoms with E-state index in [1.165, 1.54) is 5.56 Å². The van der Waals surface area contributed by atoms with Gasteiger partial charge in [0.05, 0.1) is 5.69 Å². The van der Waals surface area contributed by atoms with Crippen LogP contribution < -0.4 is 16.6 Å². The number of thiophene rings is 1. The first-order valence-electron chi connectivity index (χ1n) is 5.93. The number of hydrazine groups is 1. The van der Waals surface area contributed by atoms with Gasteiger partial charge >= 0.3 is 0 Å². The van der Waals surface area contributed by atoms with Gasteiger partial charge in [-0.25, -0.2) is 0 Å². The van der Waals surface area contributed by atoms with Crippen LogP contribution in [0.1, 0.15) is 23.0 Å². The van der Waals surface area contributed by atoms with Gasteiger partial charge < -0.3 is 10.7 Å². The smallest absolute Gasteiger partial charge is 0.270 e. The summed E-state index contributed by atoms with van der Waals surface area (Å²) < 4.78 is 0. The van der Waals surface area contributed by atoms with Crippen molar-refractivity contribution in [1.29, 1.82) is 0 Å². The molecule has 1 atom stereocenters. The lowest BCUT2D eigenvalue weighted by Crippen LogP contribution is -2.34. The van der Waals surface area contributed by atoms with Crippen LogP contribution in [0, 0.1) is 0 Å². The molecule has 0 aliphatic carbocycles. The molecular weight excluding hydrogens is 260 g/mol. The molecule has 5 nitrogen and oxygen atoms in total. The number of nitrogens with one attached hydrogen (secondary N) is 2. The molecule has 0 aliphatic heterocycles. The van der Waals surface area contributed by atoms with Crippen molar-refractivity contribution in [2.75, 3.05) is 5.43 Å². The molecule has 0 fully saturated rings. The monoisotopic (exact) mass is 276 g/mol. The number of nitrogen functional groups attached to an aromatic ring is 1. The minimum absolute atomic E-state index is 0.0541. The molecule has 2 aromatic heterocycles. The Morgan fingerprint density at radius 2 is 2.37 bits per heavy atom. The average Bonchev–Trinajstić information content (AvgIpc) is 2.91. The second kappa shape index (κ2) is 6.31. The largest absolute Gasteiger partial charge is 0.348 e. The van der Waals surface area contributed by atoms with Crippen LogP contribution in [0.5, 0.6) is 0 Å². The number of nitrogens with zero attached hydrogens (tertiary/aromatic N) is 1. The highest BCUT2D eigenvalue weighted by Crippen LogP contribution is 2.10. The van der Waals surface area contributed by atoms with Crippen molar-refractivity contribution in [3.05, 3.63) is 46.4 Å². The predicted octanol–water partition coefficient (Wildman–Crippen LogP) is 1.79. The van der Waals surface area contributed by atoms with Crippen LogP contribution in [-0.2, 0) is 6.42 Å². The normalized spacial score (nSPS) is 11.9. The molecule has 0 spiro atoms. The maximum absolute atomic E-state index is 12.0. The first-order chi connectivity index (χ1) is 9.19. The Morgan fingerprint density at radius 1 is 1.53 bits per heavy atom. The third kappa shape index (κ3) is 3.77. The van der Waals surface area contributed by atoms with E-state index in [0.29, 0.717) is 11.4 Å². The minimum atomic E-state index is -0.195. The zero-order chi connectivity index (χ0) is 13.7. The summed E-state index contributed by atoms with van der Waals surface area (Å²) in [6, 6.07) is 5.43. The van der Waals surface area contributed by atoms with Crippen LogP contribution in [0.4, 0.5) is 5.69 Å². The number of hydrogen-bond donors (Lipinski definition) is 3. The van der Waals surface area contributed by atoms with Crippen molar-refractivity contribution >= 4 is 22.9 Å². The highest BCUT2D eigenvalue weighted by Gasteiger charge is 2.12. The molecule has 0 radical (unpaired) electrons. The summed E-state index contributed by atoms with van der Waals surface area (Å²) >= 11 is 1.65. The fraction of sp³-hybridized carbons (Fsp3) is 0.231. The zero-order valence-electron chi connectivity index (χ0n) is 10.6. The van der Waals surface area contributed by atoms with Crippen molar-refractivity contribution < 1.29 is 4.79 Å². The van der Waals surface area contributed by atoms with Crippen LogP contribution in [0.2, 0.25) is 0 Å². The van der Waals surface area contributed by atoms with Gasteiger partial charge in [-0.3, -0.25) is 15.6 Å². The number of amides is 1. The number of carbonyl (C=O) groups excluding carboxylic acids is 1. The molecule has 100 valence electrons. The summed E-state index contributed by atoms with van der Waals surface area (Å²) in [5.74, 6) is 5.11. The molecule has 2 heterocycles. The van der Waals surface area contributed by atoms with E-state index in [2.05, 4.69) is 27.2 Å². The number of nitrogens with two attached hydrogens (primary N) is 1. The lowest BCUT2D eigenvalue weighted by molar-refractivity contribution is 0.0935. The Hall–Kier alpha value is -1.92. The van der Waals surface area contributed by atoms with Gasteiger partial charge in [0, 0.05) is 12.2 Å². The summed E-state index contributed by atoms with van der Waals surface area (Å²) in [5.41, 5.74) is 4.73. The van der Waals surface area contributed by atoms with Crippen LogP contribution in [0.15, 0.2) is 35.2 Å². The number of anilines is 1. The Morgan fingerprint density at radius 3 is 3.05 bits per heavy atom. The molecule has 19 heavy (non-hydrogen) atoms. The summed E-state index contributed by atoms with van der Waals surface area (Å²) in [4.78, 5) is 16.0. The zero-order valence-corrected chi connectivity index (χ0v) is 11.4. The van der Waals surface area contributed by atoms with Crippen molar-refractivity contribution in [3.8, 4) is 0 Å². The van der Waals surface area contributed by atoms with E-state index in [1.807, 2.05) is 12.3 Å². The molecule has 0 saturated carbocycles. The van der Waals surface area contributed by atoms with E-state index in [0.717, 1.165) is 6.42 Å². The number of pyridine rings is 1. The Kier molecular flexibility index (Phi) is 4.48. The molecule has 2 rings (SSSR count). The van der Waals surface area contributed by atoms with Crippen molar-refractivity contribution in [3.63, 3.8) is 0 Å². The van der Waals surface area contributed by atoms with Gasteiger partial charge in [-0.2, -0.15) is 11.3 Å². The SMILES string of the molecule is CC(Cc1ccsc1)NC(=O)c1cc(NN)ccn1. The van der Waals surface area contributed by atoms with Crippen LogP contribution >= 0.6 is 11.3 Å². The van der Waals surface area contributed by atoms with Gasteiger partial charge in [0.15, 0.2) is 0 Å². The third-order valence-corrected chi connectivity index (χ3v) is 3.39. The van der Waals surface area contributed by atoms with E-state index in [9.17, 15) is 4.79 Å². The topological polar surface area (TPSA) is 80.0 Å². The van der Waals surface area contributed by atoms with Gasteiger partial charge in [0.2, 0.25) is 0 Å². The number of aromatic nitrogens is 1. The Bertz CT molecular complexity index is 541. The molecule has 4 N–H and O–H groups in total. The highest BCUT2D eigenvalue weighted by atomic mass is 32.1. The molecule has 2 aromatic rings. The third-order valence-electron chi connectivity index (χ3n) is 2.66. The van der Waals surface area contributed by atoms with Crippen molar-refractivity contribution in [2.24, 2.45) is 5.84 Å². The quantitative estimate of drug-likeness (QED) is 0.574. The van der Waals surface area contributed by atoms with E-state index < -0.39 is 0 Å². The molecule has 0 aromatic carbocycles. The molecule has 1 amide bonds. The molecule has 0 aliphatic rings. The van der Waals surface area contributed by atoms with Gasteiger partial charge in [-0.15, -0.1) is 0 Å². The van der Waals surface area contributed by atoms with Crippen molar-refractivity contribution in [1.82, 2.24) is 10.3 Å². The summed E-state index contributed by atoms with van der Waals surface area (Å²) in [7, 11) is 0. The first-order valence-corrected chi connectivity index (χ1v) is 6.88. The van der Waals surface area contributed by atoms with Crippen LogP contribution in [-0.4, -0.2) is 16.9 Å². The van der Waals surface area contributed by atoms with E-state index in [1.54, 1.807) is 29.7 Å². The maximum Gasteiger partial charge on any atom is 0.270 e. The van der Waals surface area contributed by atoms with Crippen LogP contribution in [0.25, 0.3) is 0 Å². The van der Waals surface area contributed by atoms with E-state index in [-0.39, 0.29) is 11.9 Å². The Balaban J connectivity index is 1.96. The Labute approximate surface area is 115 Å². The molecular formula is C13H16N4OS. The average molecular weight is 276 g/mol. The second-order valence-corrected chi connectivity index (χ2v) is 5.06. The number of rotatable bonds is 5. The van der Waals surface area contributed by atoms with Gasteiger partial charge in [-0.1, -0.05) is 0 Å². The summed E-state index contributed by atoms with van der Waals surface area (Å²) in [6.45, 7) is 1.97. The molecule has 1 unspecified atom stereocenters. The fourth-order valence-electron chi connectivity index (χ4n) is 1.76. The molecule has 0 saturated heterocycles. The van der Waals surface area contributed by atoms with E-state index in [4.69, 9.17) is 5.84 Å². The standard InChI is InChI=1S/C13H16N4OS/c1-9(6-10-3-5-19-8-10)16-13(18)12-7-11(17-14)2-4-15-12/h2-5,7-9H,6,14H2,1H3,(H,15,17)(H,16,18). The van der Waals surface area contributed by atoms with Crippen molar-refractivity contribution in [2.45, 2.75) is 19.4 Å². The maximum atomic E-state index is 12.0. The van der Waals surface area contributed by atoms with Gasteiger partial charge in [-0.05, 0) is 47.9 Å². The van der Waals surface area contributed by atoms with Gasteiger partial charge in [0.1, 0.15) is 5.69 Å². The van der Waals surface area contributed by atoms with E-state index >= 15 is 0 Å². The predicted molar refractivity (Wildman–Crippen MR) is 77.0 cm³/mol. The van der Waals surface area contributed by atoms with Crippen LogP contribution in [0.3, 0.4) is 0 Å². The van der Waals surface area contributed by atoms with Gasteiger partial charge in [0.25, 0.3) is 5.91 Å². The first kappa shape index (κ1) is 13.5. The molecule has 0 bridgehead atoms. The number of carbonyl (C=O) groups is 1. The fourth-order valence-corrected chi connectivity index (χ4v) is 2.44. The lowest BCUT2D eigenvalue weighted by atomic mass is 10.1. The number of hydrogen-bond acceptors (Lipinski definition) is 5. The second-order valence-electron chi connectivity index (χ2n) is 4.28. The summed E-state index contributed by atoms with van der Waals surface area (Å²) in [6.07, 6.45) is 2.36. The minimum Gasteiger partial charge on any atom is -0.348 e. The highest BCUT2D eigenvalue weighted by molar-refractivity contribution is 7.07. The molecule has 6 heteroatoms. The lowest BCUT2D eigenvalue weighted by Gasteiger charge is -2.13. The summed E-state index contributed by atoms with van der Waals surface area (Å²) in [5, 5.41) is 7.03.